The average Bonchev–Trinajstić information content (AvgIpc) is 3.00. The highest BCUT2D eigenvalue weighted by molar-refractivity contribution is 7.78. The molecule has 4 heteroatoms. The predicted molar refractivity (Wildman–Crippen MR) is 116 cm³/mol. The first-order valence-electron chi connectivity index (χ1n) is 11.7. The van der Waals surface area contributed by atoms with Crippen LogP contribution in [0.4, 0.5) is 0 Å². The van der Waals surface area contributed by atoms with Gasteiger partial charge in [-0.1, -0.05) is 20.8 Å². The SMILES string of the molecule is C[C@H](CCN=C=S)[C@H]1CC[C@H]2[C@@H]3[C@H](O)C[C@@H]4C[C@H](O)CC[C@]4(C)[C@H]3CC[C@]12C. The van der Waals surface area contributed by atoms with Gasteiger partial charge in [0, 0.05) is 6.54 Å². The van der Waals surface area contributed by atoms with Gasteiger partial charge < -0.3 is 10.2 Å². The lowest BCUT2D eigenvalue weighted by Crippen LogP contribution is -2.58. The number of thiocarbonyl (C=S) groups is 1. The molecular weight excluding hydrogens is 366 g/mol. The first-order valence-corrected chi connectivity index (χ1v) is 12.1. The van der Waals surface area contributed by atoms with Crippen molar-refractivity contribution in [3.8, 4) is 0 Å². The van der Waals surface area contributed by atoms with E-state index in [0.717, 1.165) is 44.6 Å². The molecule has 4 fully saturated rings. The van der Waals surface area contributed by atoms with Gasteiger partial charge in [0.1, 0.15) is 0 Å². The molecule has 0 amide bonds. The van der Waals surface area contributed by atoms with Crippen LogP contribution in [-0.4, -0.2) is 34.1 Å². The van der Waals surface area contributed by atoms with E-state index in [4.69, 9.17) is 12.2 Å². The molecule has 2 N–H and O–H groups in total. The highest BCUT2D eigenvalue weighted by atomic mass is 32.1. The van der Waals surface area contributed by atoms with E-state index >= 15 is 0 Å². The standard InChI is InChI=1S/C24H39NO2S/c1-15(8-11-25-14-28)18-4-5-19-22-20(7-10-24(18,19)3)23(2)9-6-17(26)12-16(23)13-21(22)27/h15-22,26-27H,4-13H2,1-3H3/t15-,16+,17-,18-,19+,20+,21-,22+,23+,24-/m1/s1. The minimum Gasteiger partial charge on any atom is -0.393 e. The Bertz CT molecular complexity index is 634. The Morgan fingerprint density at radius 1 is 1.04 bits per heavy atom. The van der Waals surface area contributed by atoms with E-state index in [2.05, 4.69) is 30.9 Å². The Kier molecular flexibility index (Phi) is 5.81. The van der Waals surface area contributed by atoms with Crippen LogP contribution in [0.1, 0.15) is 78.6 Å². The lowest BCUT2D eigenvalue weighted by Gasteiger charge is -2.62. The largest absolute Gasteiger partial charge is 0.393 e. The zero-order valence-corrected chi connectivity index (χ0v) is 18.8. The second kappa shape index (κ2) is 7.76. The molecule has 0 spiro atoms. The molecular formula is C24H39NO2S. The molecule has 0 aromatic heterocycles. The highest BCUT2D eigenvalue weighted by Gasteiger charge is 2.62. The summed E-state index contributed by atoms with van der Waals surface area (Å²) in [5.41, 5.74) is 0.683. The number of hydrogen-bond donors (Lipinski definition) is 2. The van der Waals surface area contributed by atoms with E-state index in [1.165, 1.54) is 25.7 Å². The Balaban J connectivity index is 1.55. The summed E-state index contributed by atoms with van der Waals surface area (Å²) in [7, 11) is 0. The third-order valence-electron chi connectivity index (χ3n) is 10.2. The third kappa shape index (κ3) is 3.23. The van der Waals surface area contributed by atoms with Crippen molar-refractivity contribution in [2.75, 3.05) is 6.54 Å². The predicted octanol–water partition coefficient (Wildman–Crippen LogP) is 5.11. The van der Waals surface area contributed by atoms with Crippen LogP contribution in [0.15, 0.2) is 4.99 Å². The van der Waals surface area contributed by atoms with Crippen LogP contribution in [0.3, 0.4) is 0 Å². The van der Waals surface area contributed by atoms with Gasteiger partial charge in [0.15, 0.2) is 0 Å². The minimum absolute atomic E-state index is 0.151. The molecule has 0 heterocycles. The second-order valence-corrected chi connectivity index (χ2v) is 11.4. The van der Waals surface area contributed by atoms with Crippen molar-refractivity contribution < 1.29 is 10.2 Å². The minimum atomic E-state index is -0.175. The zero-order valence-electron chi connectivity index (χ0n) is 17.9. The maximum atomic E-state index is 11.3. The number of aliphatic hydroxyl groups excluding tert-OH is 2. The number of isothiocyanates is 1. The van der Waals surface area contributed by atoms with E-state index in [1.54, 1.807) is 0 Å². The number of aliphatic hydroxyl groups is 2. The summed E-state index contributed by atoms with van der Waals surface area (Å²) in [6, 6.07) is 0. The number of hydrogen-bond acceptors (Lipinski definition) is 4. The number of aliphatic imine (C=N–C) groups is 1. The summed E-state index contributed by atoms with van der Waals surface area (Å²) in [6.45, 7) is 8.24. The van der Waals surface area contributed by atoms with Crippen molar-refractivity contribution in [3.05, 3.63) is 0 Å². The van der Waals surface area contributed by atoms with Crippen molar-refractivity contribution in [1.29, 1.82) is 0 Å². The Hall–Kier alpha value is -0.280. The van der Waals surface area contributed by atoms with E-state index in [0.29, 0.717) is 40.4 Å². The first kappa shape index (κ1) is 21.0. The molecule has 0 aromatic carbocycles. The van der Waals surface area contributed by atoms with E-state index in [1.807, 2.05) is 0 Å². The number of fused-ring (bicyclic) bond motifs is 5. The van der Waals surface area contributed by atoms with Crippen LogP contribution < -0.4 is 0 Å². The van der Waals surface area contributed by atoms with E-state index in [-0.39, 0.29) is 12.2 Å². The van der Waals surface area contributed by atoms with Crippen LogP contribution >= 0.6 is 12.2 Å². The summed E-state index contributed by atoms with van der Waals surface area (Å²) in [4.78, 5) is 4.15. The quantitative estimate of drug-likeness (QED) is 0.505. The molecule has 158 valence electrons. The fraction of sp³-hybridized carbons (Fsp3) is 0.958. The maximum Gasteiger partial charge on any atom is 0.0584 e. The average molecular weight is 406 g/mol. The zero-order chi connectivity index (χ0) is 20.1. The van der Waals surface area contributed by atoms with Crippen LogP contribution in [0.2, 0.25) is 0 Å². The Morgan fingerprint density at radius 3 is 2.50 bits per heavy atom. The lowest BCUT2D eigenvalue weighted by molar-refractivity contribution is -0.174. The van der Waals surface area contributed by atoms with Gasteiger partial charge in [-0.25, -0.2) is 4.99 Å². The highest BCUT2D eigenvalue weighted by Crippen LogP contribution is 2.68. The van der Waals surface area contributed by atoms with Gasteiger partial charge in [0.2, 0.25) is 0 Å². The maximum absolute atomic E-state index is 11.3. The fourth-order valence-electron chi connectivity index (χ4n) is 8.69. The normalized spacial score (nSPS) is 51.4. The molecule has 0 saturated heterocycles. The smallest absolute Gasteiger partial charge is 0.0584 e. The van der Waals surface area contributed by atoms with Crippen molar-refractivity contribution in [2.45, 2.75) is 90.8 Å². The summed E-state index contributed by atoms with van der Waals surface area (Å²) < 4.78 is 0. The molecule has 0 aromatic rings. The molecule has 0 aliphatic heterocycles. The molecule has 4 aliphatic carbocycles. The topological polar surface area (TPSA) is 52.8 Å². The summed E-state index contributed by atoms with van der Waals surface area (Å²) in [5, 5.41) is 24.0. The summed E-state index contributed by atoms with van der Waals surface area (Å²) in [5.74, 6) is 3.66. The molecule has 0 radical (unpaired) electrons. The van der Waals surface area contributed by atoms with Gasteiger partial charge in [-0.05, 0) is 116 Å². The lowest BCUT2D eigenvalue weighted by atomic mass is 9.43. The van der Waals surface area contributed by atoms with Crippen LogP contribution in [0, 0.1) is 46.3 Å². The van der Waals surface area contributed by atoms with Crippen LogP contribution in [0.5, 0.6) is 0 Å². The van der Waals surface area contributed by atoms with Gasteiger partial charge >= 0.3 is 0 Å². The molecule has 28 heavy (non-hydrogen) atoms. The fourth-order valence-corrected chi connectivity index (χ4v) is 8.78. The Labute approximate surface area is 176 Å². The monoisotopic (exact) mass is 405 g/mol. The summed E-state index contributed by atoms with van der Waals surface area (Å²) in [6.07, 6.45) is 9.84. The summed E-state index contributed by atoms with van der Waals surface area (Å²) >= 11 is 4.73. The Morgan fingerprint density at radius 2 is 1.75 bits per heavy atom. The van der Waals surface area contributed by atoms with Gasteiger partial charge in [0.05, 0.1) is 17.4 Å². The third-order valence-corrected chi connectivity index (χ3v) is 10.3. The van der Waals surface area contributed by atoms with Crippen molar-refractivity contribution >= 4 is 17.4 Å². The first-order chi connectivity index (χ1) is 13.3. The second-order valence-electron chi connectivity index (χ2n) is 11.2. The van der Waals surface area contributed by atoms with Crippen molar-refractivity contribution in [3.63, 3.8) is 0 Å². The van der Waals surface area contributed by atoms with Gasteiger partial charge in [-0.3, -0.25) is 0 Å². The number of rotatable bonds is 4. The molecule has 3 nitrogen and oxygen atoms in total. The molecule has 0 unspecified atom stereocenters. The van der Waals surface area contributed by atoms with Gasteiger partial charge in [-0.15, -0.1) is 0 Å². The van der Waals surface area contributed by atoms with Gasteiger partial charge in [0.25, 0.3) is 0 Å². The molecule has 4 saturated carbocycles. The van der Waals surface area contributed by atoms with E-state index in [9.17, 15) is 10.2 Å². The molecule has 4 rings (SSSR count). The van der Waals surface area contributed by atoms with Crippen LogP contribution in [-0.2, 0) is 0 Å². The molecule has 0 bridgehead atoms. The molecule has 4 aliphatic rings. The van der Waals surface area contributed by atoms with Crippen LogP contribution in [0.25, 0.3) is 0 Å². The van der Waals surface area contributed by atoms with Gasteiger partial charge in [-0.2, -0.15) is 0 Å². The molecule has 10 atom stereocenters. The van der Waals surface area contributed by atoms with Crippen molar-refractivity contribution in [2.24, 2.45) is 51.3 Å². The van der Waals surface area contributed by atoms with E-state index < -0.39 is 0 Å². The number of nitrogens with zero attached hydrogens (tertiary/aromatic N) is 1. The van der Waals surface area contributed by atoms with Crippen molar-refractivity contribution in [1.82, 2.24) is 0 Å².